The molecular formula is C13H17NO2. The van der Waals surface area contributed by atoms with Crippen LogP contribution in [0.25, 0.3) is 0 Å². The third kappa shape index (κ3) is 2.36. The SMILES string of the molecule is CCCCN(C)C1[C]OOc2ccccc21. The number of hydrogen-bond donors (Lipinski definition) is 0. The number of rotatable bonds is 4. The largest absolute Gasteiger partial charge is 0.336 e. The van der Waals surface area contributed by atoms with E-state index in [2.05, 4.69) is 31.5 Å². The van der Waals surface area contributed by atoms with Crippen molar-refractivity contribution in [1.82, 2.24) is 4.90 Å². The van der Waals surface area contributed by atoms with Gasteiger partial charge in [-0.25, -0.2) is 0 Å². The van der Waals surface area contributed by atoms with E-state index < -0.39 is 0 Å². The van der Waals surface area contributed by atoms with Gasteiger partial charge in [-0.2, -0.15) is 4.89 Å². The van der Waals surface area contributed by atoms with Crippen LogP contribution in [0.5, 0.6) is 5.75 Å². The van der Waals surface area contributed by atoms with Crippen molar-refractivity contribution in [2.45, 2.75) is 25.8 Å². The average molecular weight is 219 g/mol. The fraction of sp³-hybridized carbons (Fsp3) is 0.462. The zero-order chi connectivity index (χ0) is 11.4. The summed E-state index contributed by atoms with van der Waals surface area (Å²) in [5, 5.41) is 0. The summed E-state index contributed by atoms with van der Waals surface area (Å²) in [4.78, 5) is 12.2. The van der Waals surface area contributed by atoms with Crippen LogP contribution < -0.4 is 4.89 Å². The molecule has 1 aromatic carbocycles. The van der Waals surface area contributed by atoms with Crippen molar-refractivity contribution in [3.05, 3.63) is 36.4 Å². The monoisotopic (exact) mass is 219 g/mol. The summed E-state index contributed by atoms with van der Waals surface area (Å²) in [6.45, 7) is 6.11. The highest BCUT2D eigenvalue weighted by Crippen LogP contribution is 2.34. The molecule has 0 spiro atoms. The van der Waals surface area contributed by atoms with E-state index in [1.54, 1.807) is 0 Å². The van der Waals surface area contributed by atoms with Crippen molar-refractivity contribution in [2.24, 2.45) is 0 Å². The molecule has 2 rings (SSSR count). The van der Waals surface area contributed by atoms with E-state index in [0.29, 0.717) is 0 Å². The molecule has 1 aliphatic rings. The second kappa shape index (κ2) is 5.32. The molecule has 0 aromatic heterocycles. The average Bonchev–Trinajstić information content (AvgIpc) is 2.35. The van der Waals surface area contributed by atoms with Gasteiger partial charge in [0.15, 0.2) is 5.75 Å². The second-order valence-corrected chi connectivity index (χ2v) is 4.06. The van der Waals surface area contributed by atoms with Gasteiger partial charge in [0, 0.05) is 5.56 Å². The van der Waals surface area contributed by atoms with Crippen molar-refractivity contribution in [1.29, 1.82) is 0 Å². The van der Waals surface area contributed by atoms with Gasteiger partial charge >= 0.3 is 0 Å². The maximum atomic E-state index is 5.07. The van der Waals surface area contributed by atoms with E-state index in [1.807, 2.05) is 18.2 Å². The first-order valence-corrected chi connectivity index (χ1v) is 5.71. The highest BCUT2D eigenvalue weighted by Gasteiger charge is 2.27. The predicted octanol–water partition coefficient (Wildman–Crippen LogP) is 2.82. The van der Waals surface area contributed by atoms with Crippen molar-refractivity contribution in [3.8, 4) is 5.75 Å². The number of unbranched alkanes of at least 4 members (excludes halogenated alkanes) is 1. The summed E-state index contributed by atoms with van der Waals surface area (Å²) in [7, 11) is 2.08. The molecule has 0 bridgehead atoms. The lowest BCUT2D eigenvalue weighted by Crippen LogP contribution is -2.29. The minimum absolute atomic E-state index is 0.0662. The molecule has 0 N–H and O–H groups in total. The standard InChI is InChI=1S/C13H17NO2/c1-3-4-9-14(2)12-10-15-16-13-8-6-5-7-11(12)13/h5-8,12H,3-4,9H2,1-2H3. The van der Waals surface area contributed by atoms with Crippen LogP contribution in [0.2, 0.25) is 0 Å². The van der Waals surface area contributed by atoms with Crippen LogP contribution in [0.3, 0.4) is 0 Å². The van der Waals surface area contributed by atoms with Gasteiger partial charge in [0.2, 0.25) is 6.61 Å². The molecule has 3 nitrogen and oxygen atoms in total. The number of hydrogen-bond acceptors (Lipinski definition) is 3. The van der Waals surface area contributed by atoms with Crippen molar-refractivity contribution in [3.63, 3.8) is 0 Å². The summed E-state index contributed by atoms with van der Waals surface area (Å²) in [5.41, 5.74) is 1.12. The number of fused-ring (bicyclic) bond motifs is 1. The Hall–Kier alpha value is -1.06. The molecule has 1 atom stereocenters. The number of likely N-dealkylation sites (N-methyl/N-ethyl adjacent to an activating group) is 1. The van der Waals surface area contributed by atoms with Crippen LogP contribution in [0.15, 0.2) is 24.3 Å². The summed E-state index contributed by atoms with van der Waals surface area (Å²) < 4.78 is 0. The molecule has 1 unspecified atom stereocenters. The molecule has 1 heterocycles. The smallest absolute Gasteiger partial charge is 0.211 e. The maximum Gasteiger partial charge on any atom is 0.211 e. The Kier molecular flexibility index (Phi) is 3.80. The van der Waals surface area contributed by atoms with E-state index in [-0.39, 0.29) is 6.04 Å². The molecule has 0 aliphatic carbocycles. The molecule has 0 amide bonds. The molecule has 0 saturated carbocycles. The van der Waals surface area contributed by atoms with Crippen LogP contribution >= 0.6 is 0 Å². The lowest BCUT2D eigenvalue weighted by Gasteiger charge is -2.30. The van der Waals surface area contributed by atoms with Crippen molar-refractivity contribution < 1.29 is 9.78 Å². The number of para-hydroxylation sites is 1. The fourth-order valence-corrected chi connectivity index (χ4v) is 1.82. The van der Waals surface area contributed by atoms with Crippen LogP contribution in [-0.2, 0) is 4.89 Å². The molecular weight excluding hydrogens is 202 g/mol. The van der Waals surface area contributed by atoms with E-state index in [9.17, 15) is 0 Å². The highest BCUT2D eigenvalue weighted by molar-refractivity contribution is 5.37. The van der Waals surface area contributed by atoms with Gasteiger partial charge in [-0.15, -0.1) is 0 Å². The Balaban J connectivity index is 2.12. The van der Waals surface area contributed by atoms with Gasteiger partial charge in [0.25, 0.3) is 0 Å². The fourth-order valence-electron chi connectivity index (χ4n) is 1.82. The molecule has 16 heavy (non-hydrogen) atoms. The van der Waals surface area contributed by atoms with E-state index in [4.69, 9.17) is 9.78 Å². The minimum atomic E-state index is 0.0662. The Bertz CT molecular complexity index is 340. The van der Waals surface area contributed by atoms with Crippen LogP contribution in [-0.4, -0.2) is 18.5 Å². The van der Waals surface area contributed by atoms with E-state index in [1.165, 1.54) is 12.8 Å². The quantitative estimate of drug-likeness (QED) is 0.727. The number of nitrogens with zero attached hydrogens (tertiary/aromatic N) is 1. The van der Waals surface area contributed by atoms with Crippen LogP contribution in [0, 0.1) is 6.61 Å². The van der Waals surface area contributed by atoms with Crippen molar-refractivity contribution in [2.75, 3.05) is 13.6 Å². The van der Waals surface area contributed by atoms with Crippen molar-refractivity contribution >= 4 is 0 Å². The third-order valence-electron chi connectivity index (χ3n) is 2.81. The minimum Gasteiger partial charge on any atom is -0.336 e. The lowest BCUT2D eigenvalue weighted by molar-refractivity contribution is -0.196. The molecule has 0 saturated heterocycles. The summed E-state index contributed by atoms with van der Waals surface area (Å²) in [6.07, 6.45) is 2.37. The zero-order valence-electron chi connectivity index (χ0n) is 9.77. The molecule has 2 radical (unpaired) electrons. The molecule has 86 valence electrons. The third-order valence-corrected chi connectivity index (χ3v) is 2.81. The van der Waals surface area contributed by atoms with Gasteiger partial charge < -0.3 is 4.89 Å². The Labute approximate surface area is 96.9 Å². The first kappa shape index (κ1) is 11.4. The highest BCUT2D eigenvalue weighted by atomic mass is 17.2. The normalized spacial score (nSPS) is 19.3. The van der Waals surface area contributed by atoms with E-state index in [0.717, 1.165) is 17.9 Å². The maximum absolute atomic E-state index is 5.07. The topological polar surface area (TPSA) is 21.7 Å². The number of benzene rings is 1. The first-order chi connectivity index (χ1) is 7.83. The summed E-state index contributed by atoms with van der Waals surface area (Å²) >= 11 is 0. The van der Waals surface area contributed by atoms with Crippen LogP contribution in [0.1, 0.15) is 31.4 Å². The van der Waals surface area contributed by atoms with Gasteiger partial charge in [0.1, 0.15) is 0 Å². The van der Waals surface area contributed by atoms with Crippen LogP contribution in [0.4, 0.5) is 0 Å². The molecule has 3 heteroatoms. The summed E-state index contributed by atoms with van der Waals surface area (Å²) in [6, 6.07) is 7.98. The predicted molar refractivity (Wildman–Crippen MR) is 61.7 cm³/mol. The summed E-state index contributed by atoms with van der Waals surface area (Å²) in [5.74, 6) is 0.787. The van der Waals surface area contributed by atoms with Gasteiger partial charge in [0.05, 0.1) is 6.04 Å². The van der Waals surface area contributed by atoms with E-state index >= 15 is 0 Å². The Morgan fingerprint density at radius 3 is 3.00 bits per heavy atom. The molecule has 1 aliphatic heterocycles. The Morgan fingerprint density at radius 1 is 1.38 bits per heavy atom. The van der Waals surface area contributed by atoms with Gasteiger partial charge in [-0.05, 0) is 26.1 Å². The lowest BCUT2D eigenvalue weighted by atomic mass is 10.0. The molecule has 0 fully saturated rings. The second-order valence-electron chi connectivity index (χ2n) is 4.06. The van der Waals surface area contributed by atoms with Gasteiger partial charge in [-0.3, -0.25) is 4.90 Å². The zero-order valence-corrected chi connectivity index (χ0v) is 9.77. The van der Waals surface area contributed by atoms with Gasteiger partial charge in [-0.1, -0.05) is 31.5 Å². The molecule has 1 aromatic rings. The Morgan fingerprint density at radius 2 is 2.19 bits per heavy atom. The first-order valence-electron chi connectivity index (χ1n) is 5.71.